The van der Waals surface area contributed by atoms with E-state index >= 15 is 0 Å². The smallest absolute Gasteiger partial charge is 0.326 e. The number of imide groups is 1. The van der Waals surface area contributed by atoms with Gasteiger partial charge in [-0.3, -0.25) is 19.3 Å². The molecule has 0 spiro atoms. The predicted molar refractivity (Wildman–Crippen MR) is 104 cm³/mol. The van der Waals surface area contributed by atoms with Crippen LogP contribution < -0.4 is 10.6 Å². The van der Waals surface area contributed by atoms with Crippen LogP contribution in [0.25, 0.3) is 0 Å². The van der Waals surface area contributed by atoms with Gasteiger partial charge in [-0.15, -0.1) is 0 Å². The van der Waals surface area contributed by atoms with Crippen LogP contribution in [0.1, 0.15) is 38.7 Å². The molecule has 1 aliphatic rings. The van der Waals surface area contributed by atoms with E-state index < -0.39 is 42.5 Å². The first kappa shape index (κ1) is 21.9. The number of nitriles is 1. The van der Waals surface area contributed by atoms with Crippen molar-refractivity contribution in [2.75, 3.05) is 18.5 Å². The molecule has 1 aromatic carbocycles. The molecule has 1 saturated heterocycles. The van der Waals surface area contributed by atoms with Gasteiger partial charge in [0.15, 0.2) is 6.61 Å². The summed E-state index contributed by atoms with van der Waals surface area (Å²) in [5, 5.41) is 13.8. The minimum absolute atomic E-state index is 0.270. The number of nitrogens with one attached hydrogen (secondary N) is 2. The first-order valence-electron chi connectivity index (χ1n) is 9.34. The molecule has 1 heterocycles. The van der Waals surface area contributed by atoms with Crippen molar-refractivity contribution in [1.29, 1.82) is 5.26 Å². The summed E-state index contributed by atoms with van der Waals surface area (Å²) >= 11 is 0. The van der Waals surface area contributed by atoms with Gasteiger partial charge < -0.3 is 15.4 Å². The van der Waals surface area contributed by atoms with Gasteiger partial charge in [0.25, 0.3) is 11.8 Å². The Labute approximate surface area is 169 Å². The van der Waals surface area contributed by atoms with Crippen molar-refractivity contribution in [3.05, 3.63) is 29.8 Å². The van der Waals surface area contributed by atoms with Crippen molar-refractivity contribution in [2.45, 2.75) is 45.1 Å². The molecule has 1 atom stereocenters. The molecular weight excluding hydrogens is 376 g/mol. The van der Waals surface area contributed by atoms with Crippen LogP contribution in [0.5, 0.6) is 0 Å². The largest absolute Gasteiger partial charge is 0.454 e. The van der Waals surface area contributed by atoms with Gasteiger partial charge in [0.2, 0.25) is 0 Å². The number of benzene rings is 1. The normalized spacial score (nSPS) is 18.2. The first-order chi connectivity index (χ1) is 13.8. The van der Waals surface area contributed by atoms with Gasteiger partial charge in [0.05, 0.1) is 12.5 Å². The maximum absolute atomic E-state index is 12.5. The van der Waals surface area contributed by atoms with Gasteiger partial charge in [-0.1, -0.05) is 31.9 Å². The number of nitrogens with zero attached hydrogens (tertiary/aromatic N) is 2. The molecule has 0 radical (unpaired) electrons. The van der Waals surface area contributed by atoms with Crippen LogP contribution in [0.15, 0.2) is 24.3 Å². The topological polar surface area (TPSA) is 129 Å². The fourth-order valence-corrected chi connectivity index (χ4v) is 2.91. The molecule has 9 heteroatoms. The molecule has 9 nitrogen and oxygen atoms in total. The monoisotopic (exact) mass is 400 g/mol. The molecule has 0 aromatic heterocycles. The number of hydrogen-bond acceptors (Lipinski definition) is 6. The SMILES string of the molecule is CCCC[C@]1(C)NC(=O)N(CC(=O)OCC(=O)Nc2ccc(CC#N)cc2)C1=O. The average Bonchev–Trinajstić information content (AvgIpc) is 2.90. The average molecular weight is 400 g/mol. The summed E-state index contributed by atoms with van der Waals surface area (Å²) in [4.78, 5) is 49.2. The summed E-state index contributed by atoms with van der Waals surface area (Å²) in [6.07, 6.45) is 2.39. The third kappa shape index (κ3) is 5.78. The van der Waals surface area contributed by atoms with E-state index in [0.29, 0.717) is 12.1 Å². The van der Waals surface area contributed by atoms with Crippen LogP contribution in [-0.2, 0) is 25.5 Å². The Kier molecular flexibility index (Phi) is 7.31. The van der Waals surface area contributed by atoms with Gasteiger partial charge in [-0.05, 0) is 31.0 Å². The Morgan fingerprint density at radius 1 is 1.28 bits per heavy atom. The van der Waals surface area contributed by atoms with Crippen LogP contribution in [0.3, 0.4) is 0 Å². The zero-order valence-corrected chi connectivity index (χ0v) is 16.5. The van der Waals surface area contributed by atoms with E-state index in [0.717, 1.165) is 23.3 Å². The Balaban J connectivity index is 1.81. The zero-order chi connectivity index (χ0) is 21.4. The number of urea groups is 1. The van der Waals surface area contributed by atoms with Crippen LogP contribution in [0, 0.1) is 11.3 Å². The van der Waals surface area contributed by atoms with E-state index in [2.05, 4.69) is 10.6 Å². The fraction of sp³-hybridized carbons (Fsp3) is 0.450. The lowest BCUT2D eigenvalue weighted by molar-refractivity contribution is -0.150. The number of rotatable bonds is 9. The molecule has 0 saturated carbocycles. The number of esters is 1. The van der Waals surface area contributed by atoms with Gasteiger partial charge in [-0.25, -0.2) is 4.79 Å². The zero-order valence-electron chi connectivity index (χ0n) is 16.5. The lowest BCUT2D eigenvalue weighted by Gasteiger charge is -2.21. The van der Waals surface area contributed by atoms with E-state index in [1.165, 1.54) is 0 Å². The second-order valence-corrected chi connectivity index (χ2v) is 7.00. The summed E-state index contributed by atoms with van der Waals surface area (Å²) in [7, 11) is 0. The number of ether oxygens (including phenoxy) is 1. The van der Waals surface area contributed by atoms with Crippen LogP contribution >= 0.6 is 0 Å². The van der Waals surface area contributed by atoms with Crippen molar-refractivity contribution >= 4 is 29.5 Å². The molecule has 1 fully saturated rings. The highest BCUT2D eigenvalue weighted by Crippen LogP contribution is 2.23. The molecule has 2 rings (SSSR count). The lowest BCUT2D eigenvalue weighted by atomic mass is 9.95. The van der Waals surface area contributed by atoms with E-state index in [1.807, 2.05) is 13.0 Å². The Bertz CT molecular complexity index is 830. The molecule has 1 aromatic rings. The van der Waals surface area contributed by atoms with Gasteiger partial charge >= 0.3 is 12.0 Å². The maximum Gasteiger partial charge on any atom is 0.326 e. The highest BCUT2D eigenvalue weighted by Gasteiger charge is 2.47. The van der Waals surface area contributed by atoms with Crippen molar-refractivity contribution < 1.29 is 23.9 Å². The van der Waals surface area contributed by atoms with Gasteiger partial charge in [0, 0.05) is 5.69 Å². The molecule has 29 heavy (non-hydrogen) atoms. The molecule has 0 aliphatic carbocycles. The fourth-order valence-electron chi connectivity index (χ4n) is 2.91. The first-order valence-corrected chi connectivity index (χ1v) is 9.34. The maximum atomic E-state index is 12.5. The highest BCUT2D eigenvalue weighted by atomic mass is 16.5. The second-order valence-electron chi connectivity index (χ2n) is 7.00. The third-order valence-electron chi connectivity index (χ3n) is 4.55. The number of carbonyl (C=O) groups is 4. The van der Waals surface area contributed by atoms with E-state index in [4.69, 9.17) is 10.00 Å². The highest BCUT2D eigenvalue weighted by molar-refractivity contribution is 6.08. The van der Waals surface area contributed by atoms with Crippen LogP contribution in [0.4, 0.5) is 10.5 Å². The van der Waals surface area contributed by atoms with Crippen molar-refractivity contribution in [2.24, 2.45) is 0 Å². The van der Waals surface area contributed by atoms with Gasteiger partial charge in [0.1, 0.15) is 12.1 Å². The molecule has 154 valence electrons. The summed E-state index contributed by atoms with van der Waals surface area (Å²) in [5.74, 6) is -1.89. The molecule has 0 bridgehead atoms. The van der Waals surface area contributed by atoms with Gasteiger partial charge in [-0.2, -0.15) is 5.26 Å². The van der Waals surface area contributed by atoms with Crippen molar-refractivity contribution in [1.82, 2.24) is 10.2 Å². The molecule has 1 aliphatic heterocycles. The van der Waals surface area contributed by atoms with Crippen molar-refractivity contribution in [3.63, 3.8) is 0 Å². The quantitative estimate of drug-likeness (QED) is 0.480. The van der Waals surface area contributed by atoms with E-state index in [1.54, 1.807) is 31.2 Å². The number of anilines is 1. The van der Waals surface area contributed by atoms with Crippen molar-refractivity contribution in [3.8, 4) is 6.07 Å². The Morgan fingerprint density at radius 3 is 2.59 bits per heavy atom. The summed E-state index contributed by atoms with van der Waals surface area (Å²) in [6, 6.07) is 8.06. The molecule has 4 amide bonds. The third-order valence-corrected chi connectivity index (χ3v) is 4.55. The van der Waals surface area contributed by atoms with Crippen LogP contribution in [0.2, 0.25) is 0 Å². The standard InChI is InChI=1S/C20H24N4O5/c1-3-4-10-20(2)18(27)24(19(28)23-20)12-17(26)29-13-16(25)22-15-7-5-14(6-8-15)9-11-21/h5-8H,3-4,9-10,12-13H2,1-2H3,(H,22,25)(H,23,28)/t20-/m0/s1. The number of unbranched alkanes of at least 4 members (excludes halogenated alkanes) is 1. The predicted octanol–water partition coefficient (Wildman–Crippen LogP) is 1.74. The molecule has 0 unspecified atom stereocenters. The minimum atomic E-state index is -1.03. The van der Waals surface area contributed by atoms with E-state index in [-0.39, 0.29) is 6.42 Å². The number of carbonyl (C=O) groups excluding carboxylic acids is 4. The second kappa shape index (κ2) is 9.68. The summed E-state index contributed by atoms with van der Waals surface area (Å²) in [6.45, 7) is 2.51. The Hall–Kier alpha value is -3.41. The van der Waals surface area contributed by atoms with E-state index in [9.17, 15) is 19.2 Å². The number of amides is 4. The molecular formula is C20H24N4O5. The Morgan fingerprint density at radius 2 is 1.97 bits per heavy atom. The van der Waals surface area contributed by atoms with Crippen LogP contribution in [-0.4, -0.2) is 47.4 Å². The summed E-state index contributed by atoms with van der Waals surface area (Å²) < 4.78 is 4.88. The minimum Gasteiger partial charge on any atom is -0.454 e. The number of hydrogen-bond donors (Lipinski definition) is 2. The molecule has 2 N–H and O–H groups in total. The lowest BCUT2D eigenvalue weighted by Crippen LogP contribution is -2.44. The summed E-state index contributed by atoms with van der Waals surface area (Å²) in [5.41, 5.74) is 0.285.